The lowest BCUT2D eigenvalue weighted by atomic mass is 9.87. The Labute approximate surface area is 275 Å². The molecule has 4 heteroatoms. The van der Waals surface area contributed by atoms with E-state index < -0.39 is 0 Å². The van der Waals surface area contributed by atoms with Crippen LogP contribution in [-0.4, -0.2) is 0 Å². The molecule has 2 aromatic heterocycles. The van der Waals surface area contributed by atoms with Crippen molar-refractivity contribution in [2.24, 2.45) is 0 Å². The average Bonchev–Trinajstić information content (AvgIpc) is 3.72. The Bertz CT molecular complexity index is 2790. The molecule has 7 aromatic carbocycles. The van der Waals surface area contributed by atoms with Gasteiger partial charge in [0.25, 0.3) is 0 Å². The van der Waals surface area contributed by atoms with Gasteiger partial charge in [0, 0.05) is 32.7 Å². The summed E-state index contributed by atoms with van der Waals surface area (Å²) in [6, 6.07) is 53.3. The van der Waals surface area contributed by atoms with E-state index in [1.54, 1.807) is 0 Å². The summed E-state index contributed by atoms with van der Waals surface area (Å²) in [4.78, 5) is 0. The molecule has 0 aliphatic heterocycles. The molecule has 0 aliphatic carbocycles. The fourth-order valence-corrected chi connectivity index (χ4v) is 6.86. The van der Waals surface area contributed by atoms with Gasteiger partial charge in [-0.05, 0) is 94.0 Å². The fraction of sp³-hybridized carbons (Fsp3) is 0. The van der Waals surface area contributed by atoms with E-state index >= 15 is 0 Å². The largest absolute Gasteiger partial charge is 0.456 e. The van der Waals surface area contributed by atoms with Gasteiger partial charge in [-0.15, -0.1) is 0 Å². The van der Waals surface area contributed by atoms with Crippen LogP contribution in [0.1, 0.15) is 11.1 Å². The van der Waals surface area contributed by atoms with Gasteiger partial charge in [0.2, 0.25) is 0 Å². The van der Waals surface area contributed by atoms with Crippen LogP contribution in [0, 0.1) is 22.7 Å². The summed E-state index contributed by atoms with van der Waals surface area (Å²) in [5, 5.41) is 23.9. The SMILES string of the molecule is N#Cc1ccc(-c2ccc3c(c2)oc2cc(-c4cc(-c5ccccc5)c(C#N)c(-c5cccc6oc7ccccc7c56)c4)ccc23)cc1. The normalized spacial score (nSPS) is 11.3. The molecular weight excluding hydrogens is 588 g/mol. The van der Waals surface area contributed by atoms with Gasteiger partial charge in [0.1, 0.15) is 28.4 Å². The van der Waals surface area contributed by atoms with Gasteiger partial charge in [0.15, 0.2) is 0 Å². The van der Waals surface area contributed by atoms with Gasteiger partial charge in [-0.2, -0.15) is 10.5 Å². The minimum absolute atomic E-state index is 0.614. The predicted molar refractivity (Wildman–Crippen MR) is 192 cm³/mol. The Hall–Kier alpha value is -6.88. The molecule has 0 bridgehead atoms. The first-order chi connectivity index (χ1) is 23.7. The number of fused-ring (bicyclic) bond motifs is 6. The number of nitrogens with zero attached hydrogens (tertiary/aromatic N) is 2. The number of furan rings is 2. The first-order valence-electron chi connectivity index (χ1n) is 15.7. The van der Waals surface area contributed by atoms with Crippen LogP contribution in [-0.2, 0) is 0 Å². The average molecular weight is 613 g/mol. The quantitative estimate of drug-likeness (QED) is 0.198. The van der Waals surface area contributed by atoms with E-state index in [1.165, 1.54) is 0 Å². The first-order valence-corrected chi connectivity index (χ1v) is 15.7. The van der Waals surface area contributed by atoms with Crippen LogP contribution < -0.4 is 0 Å². The van der Waals surface area contributed by atoms with Crippen molar-refractivity contribution < 1.29 is 8.83 Å². The van der Waals surface area contributed by atoms with Crippen LogP contribution in [0.25, 0.3) is 88.4 Å². The van der Waals surface area contributed by atoms with Crippen molar-refractivity contribution in [3.8, 4) is 56.6 Å². The maximum Gasteiger partial charge on any atom is 0.136 e. The lowest BCUT2D eigenvalue weighted by Crippen LogP contribution is -1.93. The molecule has 0 saturated heterocycles. The van der Waals surface area contributed by atoms with Crippen molar-refractivity contribution in [1.82, 2.24) is 0 Å². The summed E-state index contributed by atoms with van der Waals surface area (Å²) in [5.41, 5.74) is 12.1. The Morgan fingerprint density at radius 1 is 0.375 bits per heavy atom. The fourth-order valence-electron chi connectivity index (χ4n) is 6.86. The van der Waals surface area contributed by atoms with Crippen LogP contribution in [0.5, 0.6) is 0 Å². The minimum Gasteiger partial charge on any atom is -0.456 e. The highest BCUT2D eigenvalue weighted by atomic mass is 16.3. The van der Waals surface area contributed by atoms with Gasteiger partial charge >= 0.3 is 0 Å². The van der Waals surface area contributed by atoms with Gasteiger partial charge in [-0.3, -0.25) is 0 Å². The Balaban J connectivity index is 1.25. The third-order valence-corrected chi connectivity index (χ3v) is 9.18. The summed E-state index contributed by atoms with van der Waals surface area (Å²) in [5.74, 6) is 0. The van der Waals surface area contributed by atoms with E-state index in [-0.39, 0.29) is 0 Å². The molecule has 9 rings (SSSR count). The Morgan fingerprint density at radius 2 is 1.00 bits per heavy atom. The second-order valence-electron chi connectivity index (χ2n) is 11.9. The van der Waals surface area contributed by atoms with Crippen molar-refractivity contribution in [3.63, 3.8) is 0 Å². The predicted octanol–water partition coefficient (Wildman–Crippen LogP) is 11.9. The molecule has 0 atom stereocenters. The summed E-state index contributed by atoms with van der Waals surface area (Å²) in [7, 11) is 0. The zero-order valence-electron chi connectivity index (χ0n) is 25.6. The van der Waals surface area contributed by atoms with E-state index in [9.17, 15) is 10.5 Å². The lowest BCUT2D eigenvalue weighted by Gasteiger charge is -2.15. The van der Waals surface area contributed by atoms with E-state index in [2.05, 4.69) is 72.8 Å². The highest BCUT2D eigenvalue weighted by molar-refractivity contribution is 6.13. The summed E-state index contributed by atoms with van der Waals surface area (Å²) < 4.78 is 12.7. The zero-order valence-corrected chi connectivity index (χ0v) is 25.6. The molecule has 2 heterocycles. The summed E-state index contributed by atoms with van der Waals surface area (Å²) in [6.45, 7) is 0. The molecule has 0 unspecified atom stereocenters. The Kier molecular flexibility index (Phi) is 6.22. The van der Waals surface area contributed by atoms with Crippen molar-refractivity contribution in [2.75, 3.05) is 0 Å². The number of para-hydroxylation sites is 1. The highest BCUT2D eigenvalue weighted by Crippen LogP contribution is 2.43. The van der Waals surface area contributed by atoms with Gasteiger partial charge in [0.05, 0.1) is 17.2 Å². The molecule has 0 N–H and O–H groups in total. The molecule has 222 valence electrons. The monoisotopic (exact) mass is 612 g/mol. The molecule has 0 radical (unpaired) electrons. The zero-order chi connectivity index (χ0) is 32.2. The number of nitriles is 2. The number of rotatable bonds is 4. The van der Waals surface area contributed by atoms with Crippen molar-refractivity contribution in [1.29, 1.82) is 10.5 Å². The molecular formula is C44H24N2O2. The van der Waals surface area contributed by atoms with E-state index in [4.69, 9.17) is 8.83 Å². The standard InChI is InChI=1S/C44H24N2O2/c45-25-27-13-15-28(16-14-27)30-17-19-33-34-20-18-31(24-43(34)48-42(33)23-30)32-21-37(29-7-2-1-3-8-29)39(26-46)38(22-32)35-10-6-12-41-44(35)36-9-4-5-11-40(36)47-41/h1-24H. The summed E-state index contributed by atoms with van der Waals surface area (Å²) in [6.07, 6.45) is 0. The number of benzene rings is 7. The second-order valence-corrected chi connectivity index (χ2v) is 11.9. The molecule has 48 heavy (non-hydrogen) atoms. The molecule has 9 aromatic rings. The van der Waals surface area contributed by atoms with Gasteiger partial charge in [-0.25, -0.2) is 0 Å². The maximum absolute atomic E-state index is 10.7. The van der Waals surface area contributed by atoms with Crippen LogP contribution >= 0.6 is 0 Å². The molecule has 0 aliphatic rings. The maximum atomic E-state index is 10.7. The molecule has 4 nitrogen and oxygen atoms in total. The third-order valence-electron chi connectivity index (χ3n) is 9.18. The van der Waals surface area contributed by atoms with Crippen LogP contribution in [0.4, 0.5) is 0 Å². The Morgan fingerprint density at radius 3 is 1.73 bits per heavy atom. The minimum atomic E-state index is 0.614. The van der Waals surface area contributed by atoms with Gasteiger partial charge in [-0.1, -0.05) is 84.9 Å². The molecule has 0 saturated carbocycles. The van der Waals surface area contributed by atoms with Crippen LogP contribution in [0.15, 0.2) is 154 Å². The van der Waals surface area contributed by atoms with Gasteiger partial charge < -0.3 is 8.83 Å². The van der Waals surface area contributed by atoms with Crippen molar-refractivity contribution >= 4 is 43.9 Å². The molecule has 0 fully saturated rings. The first kappa shape index (κ1) is 27.4. The van der Waals surface area contributed by atoms with Crippen LogP contribution in [0.3, 0.4) is 0 Å². The van der Waals surface area contributed by atoms with E-state index in [0.717, 1.165) is 88.4 Å². The third kappa shape index (κ3) is 4.36. The topological polar surface area (TPSA) is 73.9 Å². The number of hydrogen-bond acceptors (Lipinski definition) is 4. The number of hydrogen-bond donors (Lipinski definition) is 0. The molecule has 0 spiro atoms. The smallest absolute Gasteiger partial charge is 0.136 e. The van der Waals surface area contributed by atoms with E-state index in [1.807, 2.05) is 84.9 Å². The molecule has 0 amide bonds. The highest BCUT2D eigenvalue weighted by Gasteiger charge is 2.20. The van der Waals surface area contributed by atoms with Crippen molar-refractivity contribution in [2.45, 2.75) is 0 Å². The second kappa shape index (κ2) is 10.9. The van der Waals surface area contributed by atoms with Crippen molar-refractivity contribution in [3.05, 3.63) is 157 Å². The van der Waals surface area contributed by atoms with Crippen LogP contribution in [0.2, 0.25) is 0 Å². The lowest BCUT2D eigenvalue weighted by molar-refractivity contribution is 0.668. The van der Waals surface area contributed by atoms with E-state index in [0.29, 0.717) is 11.1 Å². The summed E-state index contributed by atoms with van der Waals surface area (Å²) >= 11 is 0.